The first-order chi connectivity index (χ1) is 11.9. The second kappa shape index (κ2) is 6.82. The molecule has 0 spiro atoms. The highest BCUT2D eigenvalue weighted by Crippen LogP contribution is 2.28. The quantitative estimate of drug-likeness (QED) is 0.642. The highest BCUT2D eigenvalue weighted by atomic mass is 35.5. The van der Waals surface area contributed by atoms with Crippen LogP contribution in [0.5, 0.6) is 0 Å². The van der Waals surface area contributed by atoms with Gasteiger partial charge < -0.3 is 9.30 Å². The Morgan fingerprint density at radius 3 is 2.36 bits per heavy atom. The summed E-state index contributed by atoms with van der Waals surface area (Å²) in [4.78, 5) is 28.7. The molecular weight excluding hydrogens is 360 g/mol. The molecule has 0 fully saturated rings. The lowest BCUT2D eigenvalue weighted by Crippen LogP contribution is -2.13. The molecule has 128 valence electrons. The highest BCUT2D eigenvalue weighted by Gasteiger charge is 2.12. The van der Waals surface area contributed by atoms with Crippen molar-refractivity contribution in [1.29, 1.82) is 0 Å². The molecule has 0 saturated heterocycles. The standard InChI is InChI=1S/C18H15ClN2O3S/c1-10-4-9-13(19)15-14(10)21(2)18(25-15)20-16(22)11-5-7-12(8-6-11)17(23)24-3/h4-9H,1-3H3. The van der Waals surface area contributed by atoms with Gasteiger partial charge in [-0.3, -0.25) is 4.79 Å². The van der Waals surface area contributed by atoms with E-state index in [1.807, 2.05) is 30.7 Å². The van der Waals surface area contributed by atoms with Gasteiger partial charge in [-0.1, -0.05) is 29.0 Å². The molecule has 1 aromatic heterocycles. The summed E-state index contributed by atoms with van der Waals surface area (Å²) < 4.78 is 7.41. The van der Waals surface area contributed by atoms with E-state index in [2.05, 4.69) is 9.73 Å². The number of esters is 1. The molecule has 25 heavy (non-hydrogen) atoms. The number of ether oxygens (including phenoxy) is 1. The monoisotopic (exact) mass is 374 g/mol. The van der Waals surface area contributed by atoms with E-state index in [9.17, 15) is 9.59 Å². The summed E-state index contributed by atoms with van der Waals surface area (Å²) in [5.41, 5.74) is 2.81. The number of carbonyl (C=O) groups excluding carboxylic acids is 2. The van der Waals surface area contributed by atoms with Gasteiger partial charge in [-0.05, 0) is 42.8 Å². The van der Waals surface area contributed by atoms with Gasteiger partial charge >= 0.3 is 5.97 Å². The summed E-state index contributed by atoms with van der Waals surface area (Å²) in [6.07, 6.45) is 0. The zero-order chi connectivity index (χ0) is 18.1. The summed E-state index contributed by atoms with van der Waals surface area (Å²) in [5.74, 6) is -0.829. The first kappa shape index (κ1) is 17.4. The minimum Gasteiger partial charge on any atom is -0.465 e. The number of thiazole rings is 1. The van der Waals surface area contributed by atoms with E-state index in [4.69, 9.17) is 11.6 Å². The Bertz CT molecular complexity index is 1050. The molecule has 0 atom stereocenters. The Labute approximate surface area is 153 Å². The molecule has 7 heteroatoms. The predicted molar refractivity (Wildman–Crippen MR) is 98.2 cm³/mol. The number of carbonyl (C=O) groups is 2. The number of nitrogens with zero attached hydrogens (tertiary/aromatic N) is 2. The van der Waals surface area contributed by atoms with Crippen LogP contribution in [-0.4, -0.2) is 23.6 Å². The lowest BCUT2D eigenvalue weighted by molar-refractivity contribution is 0.0600. The second-order valence-corrected chi connectivity index (χ2v) is 6.86. The van der Waals surface area contributed by atoms with E-state index >= 15 is 0 Å². The van der Waals surface area contributed by atoms with Gasteiger partial charge in [0, 0.05) is 12.6 Å². The van der Waals surface area contributed by atoms with Gasteiger partial charge in [-0.25, -0.2) is 4.79 Å². The zero-order valence-corrected chi connectivity index (χ0v) is 15.4. The number of amides is 1. The lowest BCUT2D eigenvalue weighted by atomic mass is 10.1. The largest absolute Gasteiger partial charge is 0.465 e. The van der Waals surface area contributed by atoms with Gasteiger partial charge in [0.05, 0.1) is 27.9 Å². The normalized spacial score (nSPS) is 11.8. The maximum Gasteiger partial charge on any atom is 0.337 e. The van der Waals surface area contributed by atoms with Crippen LogP contribution in [0.1, 0.15) is 26.3 Å². The summed E-state index contributed by atoms with van der Waals surface area (Å²) in [5, 5.41) is 0.637. The third-order valence-electron chi connectivity index (χ3n) is 3.85. The number of benzene rings is 2. The van der Waals surface area contributed by atoms with E-state index in [0.717, 1.165) is 15.8 Å². The number of methoxy groups -OCH3 is 1. The molecule has 5 nitrogen and oxygen atoms in total. The molecule has 0 N–H and O–H groups in total. The minimum atomic E-state index is -0.447. The summed E-state index contributed by atoms with van der Waals surface area (Å²) >= 11 is 7.62. The van der Waals surface area contributed by atoms with Crippen LogP contribution >= 0.6 is 22.9 Å². The molecule has 0 aliphatic rings. The van der Waals surface area contributed by atoms with Crippen molar-refractivity contribution in [2.75, 3.05) is 7.11 Å². The van der Waals surface area contributed by atoms with Gasteiger partial charge in [0.2, 0.25) is 0 Å². The van der Waals surface area contributed by atoms with Crippen molar-refractivity contribution in [3.05, 3.63) is 62.9 Å². The van der Waals surface area contributed by atoms with Crippen molar-refractivity contribution in [1.82, 2.24) is 4.57 Å². The third-order valence-corrected chi connectivity index (χ3v) is 5.44. The molecular formula is C18H15ClN2O3S. The minimum absolute atomic E-state index is 0.382. The van der Waals surface area contributed by atoms with Crippen LogP contribution < -0.4 is 4.80 Å². The van der Waals surface area contributed by atoms with E-state index in [0.29, 0.717) is 21.0 Å². The van der Waals surface area contributed by atoms with Crippen LogP contribution in [0.15, 0.2) is 41.4 Å². The molecule has 0 bridgehead atoms. The van der Waals surface area contributed by atoms with E-state index < -0.39 is 5.97 Å². The third kappa shape index (κ3) is 3.23. The molecule has 1 amide bonds. The van der Waals surface area contributed by atoms with Gasteiger partial charge in [0.25, 0.3) is 5.91 Å². The molecule has 0 aliphatic carbocycles. The molecule has 3 rings (SSSR count). The Kier molecular flexibility index (Phi) is 4.74. The molecule has 0 saturated carbocycles. The van der Waals surface area contributed by atoms with Crippen molar-refractivity contribution >= 4 is 45.0 Å². The fourth-order valence-electron chi connectivity index (χ4n) is 2.53. The average molecular weight is 375 g/mol. The molecule has 2 aromatic carbocycles. The number of hydrogen-bond acceptors (Lipinski definition) is 4. The van der Waals surface area contributed by atoms with Crippen molar-refractivity contribution in [2.45, 2.75) is 6.92 Å². The van der Waals surface area contributed by atoms with Crippen molar-refractivity contribution in [2.24, 2.45) is 12.0 Å². The Morgan fingerprint density at radius 2 is 1.76 bits per heavy atom. The van der Waals surface area contributed by atoms with Gasteiger partial charge in [0.15, 0.2) is 4.80 Å². The van der Waals surface area contributed by atoms with Gasteiger partial charge in [-0.2, -0.15) is 4.99 Å². The Hall–Kier alpha value is -2.44. The fraction of sp³-hybridized carbons (Fsp3) is 0.167. The lowest BCUT2D eigenvalue weighted by Gasteiger charge is -2.01. The Balaban J connectivity index is 2.03. The number of rotatable bonds is 2. The molecule has 0 aliphatic heterocycles. The highest BCUT2D eigenvalue weighted by molar-refractivity contribution is 7.17. The molecule has 3 aromatic rings. The smallest absolute Gasteiger partial charge is 0.337 e. The van der Waals surface area contributed by atoms with Gasteiger partial charge in [-0.15, -0.1) is 0 Å². The second-order valence-electron chi connectivity index (χ2n) is 5.47. The maximum absolute atomic E-state index is 12.4. The van der Waals surface area contributed by atoms with E-state index in [1.165, 1.54) is 18.4 Å². The predicted octanol–water partition coefficient (Wildman–Crippen LogP) is 3.73. The zero-order valence-electron chi connectivity index (χ0n) is 13.9. The summed E-state index contributed by atoms with van der Waals surface area (Å²) in [7, 11) is 3.17. The first-order valence-corrected chi connectivity index (χ1v) is 8.64. The topological polar surface area (TPSA) is 60.7 Å². The SMILES string of the molecule is COC(=O)c1ccc(C(=O)N=c2sc3c(Cl)ccc(C)c3n2C)cc1. The van der Waals surface area contributed by atoms with Crippen LogP contribution in [0.3, 0.4) is 0 Å². The average Bonchev–Trinajstić information content (AvgIpc) is 2.95. The number of hydrogen-bond donors (Lipinski definition) is 0. The Morgan fingerprint density at radius 1 is 1.12 bits per heavy atom. The molecule has 1 heterocycles. The number of aromatic nitrogens is 1. The first-order valence-electron chi connectivity index (χ1n) is 7.44. The van der Waals surface area contributed by atoms with Crippen LogP contribution in [0.4, 0.5) is 0 Å². The van der Waals surface area contributed by atoms with Crippen LogP contribution in [0.25, 0.3) is 10.2 Å². The van der Waals surface area contributed by atoms with Crippen LogP contribution in [-0.2, 0) is 11.8 Å². The fourth-order valence-corrected chi connectivity index (χ4v) is 3.90. The maximum atomic E-state index is 12.4. The van der Waals surface area contributed by atoms with Crippen LogP contribution in [0.2, 0.25) is 5.02 Å². The summed E-state index contributed by atoms with van der Waals surface area (Å²) in [6, 6.07) is 9.98. The molecule has 0 radical (unpaired) electrons. The number of halogens is 1. The number of fused-ring (bicyclic) bond motifs is 1. The van der Waals surface area contributed by atoms with Crippen molar-refractivity contribution in [3.8, 4) is 0 Å². The van der Waals surface area contributed by atoms with E-state index in [-0.39, 0.29) is 5.91 Å². The van der Waals surface area contributed by atoms with Crippen molar-refractivity contribution < 1.29 is 14.3 Å². The van der Waals surface area contributed by atoms with Crippen LogP contribution in [0, 0.1) is 6.92 Å². The van der Waals surface area contributed by atoms with Crippen molar-refractivity contribution in [3.63, 3.8) is 0 Å². The van der Waals surface area contributed by atoms with E-state index in [1.54, 1.807) is 24.3 Å². The summed E-state index contributed by atoms with van der Waals surface area (Å²) in [6.45, 7) is 1.99. The molecule has 0 unspecified atom stereocenters. The van der Waals surface area contributed by atoms with Gasteiger partial charge in [0.1, 0.15) is 0 Å². The number of aryl methyl sites for hydroxylation is 2.